The van der Waals surface area contributed by atoms with Crippen LogP contribution in [-0.2, 0) is 11.2 Å². The monoisotopic (exact) mass is 414 g/mol. The van der Waals surface area contributed by atoms with Gasteiger partial charge in [0.15, 0.2) is 16.9 Å². The summed E-state index contributed by atoms with van der Waals surface area (Å²) in [6.45, 7) is 1.96. The maximum absolute atomic E-state index is 11.9. The Morgan fingerprint density at radius 2 is 1.96 bits per heavy atom. The fraction of sp³-hybridized carbons (Fsp3) is 0.150. The van der Waals surface area contributed by atoms with Crippen molar-refractivity contribution < 1.29 is 9.53 Å². The number of aromatic nitrogens is 1. The Bertz CT molecular complexity index is 943. The number of amides is 1. The van der Waals surface area contributed by atoms with E-state index in [1.54, 1.807) is 0 Å². The number of ether oxygens (including phenoxy) is 1. The zero-order valence-electron chi connectivity index (χ0n) is 15.2. The molecular weight excluding hydrogens is 396 g/mol. The van der Waals surface area contributed by atoms with Crippen molar-refractivity contribution in [2.75, 3.05) is 11.9 Å². The Morgan fingerprint density at radius 3 is 2.68 bits per heavy atom. The number of para-hydroxylation sites is 1. The molecule has 0 radical (unpaired) electrons. The molecule has 0 fully saturated rings. The first-order valence-corrected chi connectivity index (χ1v) is 9.85. The lowest BCUT2D eigenvalue weighted by molar-refractivity contribution is -0.123. The number of carbonyl (C=O) groups is 1. The third kappa shape index (κ3) is 5.80. The standard InChI is InChI=1S/C20H19ClN4O2S/c1-2-14-8-10-16(11-9-14)27-13-18(26)25-22-12-17-19(21)24-20(28-17)23-15-6-4-3-5-7-15/h3-12H,2,13H2,1H3,(H,23,24)(H,25,26)/b22-12+. The Kier molecular flexibility index (Phi) is 7.00. The van der Waals surface area contributed by atoms with Gasteiger partial charge in [0, 0.05) is 5.69 Å². The number of aryl methyl sites for hydroxylation is 1. The highest BCUT2D eigenvalue weighted by Gasteiger charge is 2.08. The molecule has 0 aliphatic carbocycles. The molecule has 0 atom stereocenters. The zero-order chi connectivity index (χ0) is 19.8. The van der Waals surface area contributed by atoms with Crippen molar-refractivity contribution >= 4 is 45.9 Å². The number of nitrogens with zero attached hydrogens (tertiary/aromatic N) is 2. The molecule has 0 saturated heterocycles. The molecular formula is C20H19ClN4O2S. The zero-order valence-corrected chi connectivity index (χ0v) is 16.8. The van der Waals surface area contributed by atoms with Crippen molar-refractivity contribution in [3.05, 3.63) is 70.2 Å². The molecule has 0 spiro atoms. The summed E-state index contributed by atoms with van der Waals surface area (Å²) in [4.78, 5) is 16.7. The lowest BCUT2D eigenvalue weighted by Crippen LogP contribution is -2.24. The molecule has 28 heavy (non-hydrogen) atoms. The molecule has 0 saturated carbocycles. The van der Waals surface area contributed by atoms with Gasteiger partial charge in [0.05, 0.1) is 11.1 Å². The van der Waals surface area contributed by atoms with E-state index < -0.39 is 0 Å². The minimum Gasteiger partial charge on any atom is -0.484 e. The molecule has 144 valence electrons. The van der Waals surface area contributed by atoms with E-state index in [1.807, 2.05) is 54.6 Å². The van der Waals surface area contributed by atoms with Crippen molar-refractivity contribution in [3.63, 3.8) is 0 Å². The van der Waals surface area contributed by atoms with E-state index in [0.29, 0.717) is 20.9 Å². The highest BCUT2D eigenvalue weighted by Crippen LogP contribution is 2.27. The summed E-state index contributed by atoms with van der Waals surface area (Å²) in [5.41, 5.74) is 4.54. The van der Waals surface area contributed by atoms with Gasteiger partial charge < -0.3 is 10.1 Å². The van der Waals surface area contributed by atoms with Crippen molar-refractivity contribution in [2.24, 2.45) is 5.10 Å². The van der Waals surface area contributed by atoms with Gasteiger partial charge in [-0.05, 0) is 36.2 Å². The second-order valence-electron chi connectivity index (χ2n) is 5.74. The number of thiazole rings is 1. The van der Waals surface area contributed by atoms with Gasteiger partial charge in [0.25, 0.3) is 5.91 Å². The Morgan fingerprint density at radius 1 is 1.21 bits per heavy atom. The summed E-state index contributed by atoms with van der Waals surface area (Å²) in [6, 6.07) is 17.3. The molecule has 3 aromatic rings. The summed E-state index contributed by atoms with van der Waals surface area (Å²) in [5.74, 6) is 0.276. The molecule has 3 rings (SSSR count). The number of benzene rings is 2. The molecule has 1 heterocycles. The van der Waals surface area contributed by atoms with Crippen LogP contribution in [0.15, 0.2) is 59.7 Å². The lowest BCUT2D eigenvalue weighted by atomic mass is 10.2. The van der Waals surface area contributed by atoms with Gasteiger partial charge in [-0.3, -0.25) is 4.79 Å². The van der Waals surface area contributed by atoms with Crippen molar-refractivity contribution in [3.8, 4) is 5.75 Å². The molecule has 2 N–H and O–H groups in total. The maximum atomic E-state index is 11.9. The van der Waals surface area contributed by atoms with Crippen LogP contribution in [-0.4, -0.2) is 23.7 Å². The first-order valence-electron chi connectivity index (χ1n) is 8.66. The number of hydrazone groups is 1. The fourth-order valence-corrected chi connectivity index (χ4v) is 3.31. The van der Waals surface area contributed by atoms with Crippen molar-refractivity contribution in [1.29, 1.82) is 0 Å². The second-order valence-corrected chi connectivity index (χ2v) is 7.13. The van der Waals surface area contributed by atoms with Gasteiger partial charge in [-0.25, -0.2) is 10.4 Å². The van der Waals surface area contributed by atoms with Crippen LogP contribution >= 0.6 is 22.9 Å². The number of hydrogen-bond donors (Lipinski definition) is 2. The maximum Gasteiger partial charge on any atom is 0.277 e. The fourth-order valence-electron chi connectivity index (χ4n) is 2.26. The number of carbonyl (C=O) groups excluding carboxylic acids is 1. The predicted molar refractivity (Wildman–Crippen MR) is 114 cm³/mol. The number of rotatable bonds is 8. The first-order chi connectivity index (χ1) is 13.6. The van der Waals surface area contributed by atoms with Gasteiger partial charge >= 0.3 is 0 Å². The number of halogens is 1. The highest BCUT2D eigenvalue weighted by molar-refractivity contribution is 7.17. The van der Waals surface area contributed by atoms with Crippen LogP contribution in [0.2, 0.25) is 5.15 Å². The lowest BCUT2D eigenvalue weighted by Gasteiger charge is -2.05. The van der Waals surface area contributed by atoms with E-state index in [4.69, 9.17) is 16.3 Å². The largest absolute Gasteiger partial charge is 0.484 e. The van der Waals surface area contributed by atoms with E-state index in [1.165, 1.54) is 23.1 Å². The van der Waals surface area contributed by atoms with Crippen molar-refractivity contribution in [2.45, 2.75) is 13.3 Å². The highest BCUT2D eigenvalue weighted by atomic mass is 35.5. The van der Waals surface area contributed by atoms with Gasteiger partial charge in [0.1, 0.15) is 5.75 Å². The minimum atomic E-state index is -0.362. The molecule has 0 unspecified atom stereocenters. The Labute approximate surface area is 172 Å². The summed E-state index contributed by atoms with van der Waals surface area (Å²) >= 11 is 7.46. The number of hydrogen-bond acceptors (Lipinski definition) is 6. The van der Waals surface area contributed by atoms with Gasteiger partial charge in [-0.2, -0.15) is 5.10 Å². The molecule has 6 nitrogen and oxygen atoms in total. The van der Waals surface area contributed by atoms with E-state index in [2.05, 4.69) is 27.8 Å². The summed E-state index contributed by atoms with van der Waals surface area (Å²) in [7, 11) is 0. The number of anilines is 2. The number of nitrogens with one attached hydrogen (secondary N) is 2. The minimum absolute atomic E-state index is 0.125. The quantitative estimate of drug-likeness (QED) is 0.416. The average molecular weight is 415 g/mol. The van der Waals surface area contributed by atoms with Crippen LogP contribution in [0.5, 0.6) is 5.75 Å². The third-order valence-electron chi connectivity index (χ3n) is 3.71. The van der Waals surface area contributed by atoms with Crippen LogP contribution in [0.1, 0.15) is 17.4 Å². The molecule has 2 aromatic carbocycles. The summed E-state index contributed by atoms with van der Waals surface area (Å²) < 4.78 is 5.43. The van der Waals surface area contributed by atoms with Gasteiger partial charge in [-0.15, -0.1) is 0 Å². The molecule has 1 aromatic heterocycles. The van der Waals surface area contributed by atoms with Crippen LogP contribution in [0.3, 0.4) is 0 Å². The summed E-state index contributed by atoms with van der Waals surface area (Å²) in [6.07, 6.45) is 2.42. The first kappa shape index (κ1) is 19.9. The smallest absolute Gasteiger partial charge is 0.277 e. The average Bonchev–Trinajstić information content (AvgIpc) is 3.06. The van der Waals surface area contributed by atoms with Crippen LogP contribution in [0.4, 0.5) is 10.8 Å². The van der Waals surface area contributed by atoms with Crippen LogP contribution in [0, 0.1) is 0 Å². The van der Waals surface area contributed by atoms with E-state index >= 15 is 0 Å². The van der Waals surface area contributed by atoms with E-state index in [9.17, 15) is 4.79 Å². The van der Waals surface area contributed by atoms with Gasteiger partial charge in [-0.1, -0.05) is 60.2 Å². The summed E-state index contributed by atoms with van der Waals surface area (Å²) in [5, 5.41) is 8.04. The van der Waals surface area contributed by atoms with Crippen LogP contribution in [0.25, 0.3) is 0 Å². The van der Waals surface area contributed by atoms with E-state index in [-0.39, 0.29) is 12.5 Å². The molecule has 0 bridgehead atoms. The normalized spacial score (nSPS) is 10.8. The molecule has 0 aliphatic rings. The molecule has 8 heteroatoms. The molecule has 1 amide bonds. The third-order valence-corrected chi connectivity index (χ3v) is 5.01. The van der Waals surface area contributed by atoms with Gasteiger partial charge in [0.2, 0.25) is 0 Å². The second kappa shape index (κ2) is 9.87. The molecule has 0 aliphatic heterocycles. The van der Waals surface area contributed by atoms with Crippen LogP contribution < -0.4 is 15.5 Å². The topological polar surface area (TPSA) is 75.6 Å². The van der Waals surface area contributed by atoms with Crippen molar-refractivity contribution in [1.82, 2.24) is 10.4 Å². The SMILES string of the molecule is CCc1ccc(OCC(=O)N/N=C/c2sc(Nc3ccccc3)nc2Cl)cc1. The Balaban J connectivity index is 1.49. The predicted octanol–water partition coefficient (Wildman–Crippen LogP) is 4.63. The van der Waals surface area contributed by atoms with E-state index in [0.717, 1.165) is 12.1 Å². The Hall–Kier alpha value is -2.90.